The minimum atomic E-state index is -0.225. The Bertz CT molecular complexity index is 783. The number of aromatic nitrogens is 2. The molecule has 1 aromatic heterocycles. The Kier molecular flexibility index (Phi) is 5.46. The van der Waals surface area contributed by atoms with Crippen molar-refractivity contribution in [2.45, 2.75) is 20.4 Å². The van der Waals surface area contributed by atoms with Gasteiger partial charge in [-0.1, -0.05) is 29.8 Å². The van der Waals surface area contributed by atoms with E-state index in [1.54, 1.807) is 24.1 Å². The van der Waals surface area contributed by atoms with E-state index in [4.69, 9.17) is 0 Å². The molecule has 0 spiro atoms. The summed E-state index contributed by atoms with van der Waals surface area (Å²) in [4.78, 5) is 36.3. The van der Waals surface area contributed by atoms with Crippen molar-refractivity contribution >= 4 is 17.8 Å². The number of carbonyl (C=O) groups is 2. The molecule has 1 N–H and O–H groups in total. The first-order valence-corrected chi connectivity index (χ1v) is 8.70. The summed E-state index contributed by atoms with van der Waals surface area (Å²) in [5, 5.41) is 2.89. The van der Waals surface area contributed by atoms with Crippen LogP contribution in [-0.4, -0.2) is 52.9 Å². The lowest BCUT2D eigenvalue weighted by Crippen LogP contribution is -2.48. The van der Waals surface area contributed by atoms with Crippen LogP contribution in [0.3, 0.4) is 0 Å². The van der Waals surface area contributed by atoms with Gasteiger partial charge in [-0.15, -0.1) is 0 Å². The molecule has 2 amide bonds. The van der Waals surface area contributed by atoms with Crippen molar-refractivity contribution in [3.8, 4) is 0 Å². The number of rotatable bonds is 4. The van der Waals surface area contributed by atoms with Gasteiger partial charge >= 0.3 is 0 Å². The molecule has 0 saturated carbocycles. The molecule has 7 nitrogen and oxygen atoms in total. The SMILES string of the molecule is CC(=O)N1CCN(c2nccc(C(=O)NCc3ccc(C)cc3)n2)CC1. The van der Waals surface area contributed by atoms with Crippen LogP contribution in [0.5, 0.6) is 0 Å². The summed E-state index contributed by atoms with van der Waals surface area (Å²) in [7, 11) is 0. The van der Waals surface area contributed by atoms with Crippen LogP contribution in [0.25, 0.3) is 0 Å². The van der Waals surface area contributed by atoms with Crippen molar-refractivity contribution in [3.63, 3.8) is 0 Å². The van der Waals surface area contributed by atoms with Crippen LogP contribution in [0, 0.1) is 6.92 Å². The molecule has 1 fully saturated rings. The van der Waals surface area contributed by atoms with Gasteiger partial charge in [0, 0.05) is 45.8 Å². The fourth-order valence-electron chi connectivity index (χ4n) is 2.83. The van der Waals surface area contributed by atoms with E-state index in [9.17, 15) is 9.59 Å². The van der Waals surface area contributed by atoms with Gasteiger partial charge in [0.1, 0.15) is 5.69 Å². The summed E-state index contributed by atoms with van der Waals surface area (Å²) in [6, 6.07) is 9.64. The highest BCUT2D eigenvalue weighted by molar-refractivity contribution is 5.92. The Morgan fingerprint density at radius 2 is 1.77 bits per heavy atom. The van der Waals surface area contributed by atoms with Crippen molar-refractivity contribution < 1.29 is 9.59 Å². The van der Waals surface area contributed by atoms with Crippen molar-refractivity contribution in [2.24, 2.45) is 0 Å². The maximum absolute atomic E-state index is 12.4. The lowest BCUT2D eigenvalue weighted by Gasteiger charge is -2.34. The number of piperazine rings is 1. The average molecular weight is 353 g/mol. The van der Waals surface area contributed by atoms with E-state index in [1.807, 2.05) is 36.1 Å². The number of nitrogens with one attached hydrogen (secondary N) is 1. The Morgan fingerprint density at radius 3 is 2.42 bits per heavy atom. The van der Waals surface area contributed by atoms with Crippen LogP contribution < -0.4 is 10.2 Å². The first kappa shape index (κ1) is 17.8. The van der Waals surface area contributed by atoms with Gasteiger partial charge in [0.25, 0.3) is 5.91 Å². The Balaban J connectivity index is 1.60. The number of carbonyl (C=O) groups excluding carboxylic acids is 2. The monoisotopic (exact) mass is 353 g/mol. The standard InChI is InChI=1S/C19H23N5O2/c1-14-3-5-16(6-4-14)13-21-18(26)17-7-8-20-19(22-17)24-11-9-23(10-12-24)15(2)25/h3-8H,9-13H2,1-2H3,(H,21,26). The minimum absolute atomic E-state index is 0.0785. The molecule has 1 saturated heterocycles. The van der Waals surface area contributed by atoms with E-state index in [2.05, 4.69) is 15.3 Å². The number of nitrogens with zero attached hydrogens (tertiary/aromatic N) is 4. The van der Waals surface area contributed by atoms with Crippen molar-refractivity contribution in [1.82, 2.24) is 20.2 Å². The predicted octanol–water partition coefficient (Wildman–Crippen LogP) is 1.38. The minimum Gasteiger partial charge on any atom is -0.347 e. The van der Waals surface area contributed by atoms with E-state index in [1.165, 1.54) is 5.56 Å². The highest BCUT2D eigenvalue weighted by atomic mass is 16.2. The first-order chi connectivity index (χ1) is 12.5. The summed E-state index contributed by atoms with van der Waals surface area (Å²) in [5.41, 5.74) is 2.57. The number of hydrogen-bond donors (Lipinski definition) is 1. The molecular weight excluding hydrogens is 330 g/mol. The van der Waals surface area contributed by atoms with Gasteiger partial charge < -0.3 is 15.1 Å². The molecule has 7 heteroatoms. The average Bonchev–Trinajstić information content (AvgIpc) is 2.67. The molecule has 0 radical (unpaired) electrons. The molecule has 0 bridgehead atoms. The highest BCUT2D eigenvalue weighted by Crippen LogP contribution is 2.12. The van der Waals surface area contributed by atoms with E-state index < -0.39 is 0 Å². The van der Waals surface area contributed by atoms with E-state index >= 15 is 0 Å². The van der Waals surface area contributed by atoms with Crippen LogP contribution in [0.2, 0.25) is 0 Å². The highest BCUT2D eigenvalue weighted by Gasteiger charge is 2.21. The van der Waals surface area contributed by atoms with Gasteiger partial charge in [0.15, 0.2) is 0 Å². The zero-order valence-corrected chi connectivity index (χ0v) is 15.1. The van der Waals surface area contributed by atoms with E-state index in [-0.39, 0.29) is 11.8 Å². The number of benzene rings is 1. The molecular formula is C19H23N5O2. The second-order valence-electron chi connectivity index (χ2n) is 6.40. The largest absolute Gasteiger partial charge is 0.347 e. The molecule has 2 heterocycles. The third kappa shape index (κ3) is 4.36. The maximum atomic E-state index is 12.4. The number of anilines is 1. The van der Waals surface area contributed by atoms with Gasteiger partial charge in [-0.3, -0.25) is 9.59 Å². The van der Waals surface area contributed by atoms with Crippen molar-refractivity contribution in [2.75, 3.05) is 31.1 Å². The summed E-state index contributed by atoms with van der Waals surface area (Å²) in [6.07, 6.45) is 1.60. The Labute approximate surface area is 153 Å². The molecule has 1 aromatic carbocycles. The van der Waals surface area contributed by atoms with Gasteiger partial charge in [0.05, 0.1) is 0 Å². The molecule has 3 rings (SSSR count). The normalized spacial score (nSPS) is 14.2. The van der Waals surface area contributed by atoms with E-state index in [0.717, 1.165) is 5.56 Å². The fraction of sp³-hybridized carbons (Fsp3) is 0.368. The van der Waals surface area contributed by atoms with Crippen molar-refractivity contribution in [3.05, 3.63) is 53.3 Å². The molecule has 0 unspecified atom stereocenters. The summed E-state index contributed by atoms with van der Waals surface area (Å²) in [6.45, 7) is 6.66. The predicted molar refractivity (Wildman–Crippen MR) is 98.8 cm³/mol. The second kappa shape index (κ2) is 7.95. The quantitative estimate of drug-likeness (QED) is 0.898. The summed E-state index contributed by atoms with van der Waals surface area (Å²) in [5.74, 6) is 0.377. The fourth-order valence-corrected chi connectivity index (χ4v) is 2.83. The second-order valence-corrected chi connectivity index (χ2v) is 6.40. The van der Waals surface area contributed by atoms with Crippen LogP contribution in [-0.2, 0) is 11.3 Å². The smallest absolute Gasteiger partial charge is 0.270 e. The molecule has 136 valence electrons. The molecule has 26 heavy (non-hydrogen) atoms. The Hall–Kier alpha value is -2.96. The third-order valence-corrected chi connectivity index (χ3v) is 4.46. The van der Waals surface area contributed by atoms with Gasteiger partial charge in [0.2, 0.25) is 11.9 Å². The number of hydrogen-bond acceptors (Lipinski definition) is 5. The van der Waals surface area contributed by atoms with E-state index in [0.29, 0.717) is 44.4 Å². The number of aryl methyl sites for hydroxylation is 1. The van der Waals surface area contributed by atoms with Crippen LogP contribution in [0.4, 0.5) is 5.95 Å². The van der Waals surface area contributed by atoms with Gasteiger partial charge in [-0.2, -0.15) is 0 Å². The molecule has 1 aliphatic rings. The number of amides is 2. The topological polar surface area (TPSA) is 78.4 Å². The zero-order valence-electron chi connectivity index (χ0n) is 15.1. The van der Waals surface area contributed by atoms with Crippen LogP contribution >= 0.6 is 0 Å². The maximum Gasteiger partial charge on any atom is 0.270 e. The van der Waals surface area contributed by atoms with Gasteiger partial charge in [-0.25, -0.2) is 9.97 Å². The lowest BCUT2D eigenvalue weighted by atomic mass is 10.1. The van der Waals surface area contributed by atoms with Crippen LogP contribution in [0.1, 0.15) is 28.5 Å². The third-order valence-electron chi connectivity index (χ3n) is 4.46. The Morgan fingerprint density at radius 1 is 1.08 bits per heavy atom. The molecule has 0 atom stereocenters. The summed E-state index contributed by atoms with van der Waals surface area (Å²) < 4.78 is 0. The van der Waals surface area contributed by atoms with Crippen LogP contribution in [0.15, 0.2) is 36.5 Å². The summed E-state index contributed by atoms with van der Waals surface area (Å²) >= 11 is 0. The molecule has 2 aromatic rings. The molecule has 0 aliphatic carbocycles. The lowest BCUT2D eigenvalue weighted by molar-refractivity contribution is -0.129. The van der Waals surface area contributed by atoms with Crippen molar-refractivity contribution in [1.29, 1.82) is 0 Å². The zero-order chi connectivity index (χ0) is 18.5. The molecule has 1 aliphatic heterocycles. The first-order valence-electron chi connectivity index (χ1n) is 8.70. The van der Waals surface area contributed by atoms with Gasteiger partial charge in [-0.05, 0) is 18.6 Å².